The maximum Gasteiger partial charge on any atom is 0.263 e. The van der Waals surface area contributed by atoms with Gasteiger partial charge in [0.1, 0.15) is 6.33 Å². The first kappa shape index (κ1) is 22.3. The summed E-state index contributed by atoms with van der Waals surface area (Å²) in [6.45, 7) is 2.70. The molecule has 1 fully saturated rings. The van der Waals surface area contributed by atoms with Crippen LogP contribution in [-0.4, -0.2) is 48.9 Å². The summed E-state index contributed by atoms with van der Waals surface area (Å²) in [7, 11) is -1.79. The summed E-state index contributed by atoms with van der Waals surface area (Å²) in [5, 5.41) is 1.34. The summed E-state index contributed by atoms with van der Waals surface area (Å²) in [6, 6.07) is 13.0. The first-order valence-electron chi connectivity index (χ1n) is 9.60. The molecule has 0 aliphatic carbocycles. The number of halogens is 2. The van der Waals surface area contributed by atoms with Crippen LogP contribution < -0.4 is 9.62 Å². The van der Waals surface area contributed by atoms with E-state index in [0.29, 0.717) is 5.02 Å². The normalized spacial score (nSPS) is 17.1. The molecule has 2 heterocycles. The Morgan fingerprint density at radius 1 is 1.26 bits per heavy atom. The molecule has 1 atom stereocenters. The highest BCUT2D eigenvalue weighted by Crippen LogP contribution is 2.32. The van der Waals surface area contributed by atoms with Crippen LogP contribution in [0, 0.1) is 0 Å². The Morgan fingerprint density at radius 2 is 2.10 bits per heavy atom. The van der Waals surface area contributed by atoms with Gasteiger partial charge in [0.05, 0.1) is 15.6 Å². The van der Waals surface area contributed by atoms with Crippen LogP contribution in [0.25, 0.3) is 0 Å². The number of likely N-dealkylation sites (N-methyl/N-ethyl adjacent to an activating group) is 1. The van der Waals surface area contributed by atoms with E-state index in [1.54, 1.807) is 12.1 Å². The molecule has 0 radical (unpaired) electrons. The molecule has 1 aliphatic rings. The first-order valence-corrected chi connectivity index (χ1v) is 12.6. The average molecular weight is 498 g/mol. The molecule has 7 nitrogen and oxygen atoms in total. The second-order valence-corrected chi connectivity index (χ2v) is 10.7. The van der Waals surface area contributed by atoms with Crippen LogP contribution in [-0.2, 0) is 16.6 Å². The third-order valence-corrected chi connectivity index (χ3v) is 7.87. The smallest absolute Gasteiger partial charge is 0.263 e. The summed E-state index contributed by atoms with van der Waals surface area (Å²) in [4.78, 5) is 8.44. The fraction of sp³-hybridized carbons (Fsp3) is 0.300. The van der Waals surface area contributed by atoms with Gasteiger partial charge in [-0.1, -0.05) is 35.3 Å². The van der Waals surface area contributed by atoms with E-state index in [0.717, 1.165) is 48.3 Å². The van der Waals surface area contributed by atoms with Crippen molar-refractivity contribution in [1.82, 2.24) is 14.3 Å². The summed E-state index contributed by atoms with van der Waals surface area (Å²) >= 11 is 13.6. The number of nitrogens with zero attached hydrogens (tertiary/aromatic N) is 4. The summed E-state index contributed by atoms with van der Waals surface area (Å²) in [5.74, 6) is 0. The van der Waals surface area contributed by atoms with Crippen LogP contribution in [0.5, 0.6) is 0 Å². The molecule has 1 unspecified atom stereocenters. The minimum absolute atomic E-state index is 0.0823. The molecule has 1 aliphatic heterocycles. The Bertz CT molecular complexity index is 1160. The second-order valence-electron chi connectivity index (χ2n) is 7.38. The van der Waals surface area contributed by atoms with Crippen molar-refractivity contribution in [2.45, 2.75) is 23.9 Å². The van der Waals surface area contributed by atoms with Gasteiger partial charge in [0.25, 0.3) is 10.0 Å². The molecule has 1 N–H and O–H groups in total. The topological polar surface area (TPSA) is 78.4 Å². The van der Waals surface area contributed by atoms with Gasteiger partial charge >= 0.3 is 0 Å². The van der Waals surface area contributed by atoms with E-state index in [9.17, 15) is 8.42 Å². The third kappa shape index (κ3) is 5.30. The van der Waals surface area contributed by atoms with Crippen LogP contribution in [0.2, 0.25) is 10.0 Å². The lowest BCUT2D eigenvalue weighted by atomic mass is 10.2. The molecule has 0 bridgehead atoms. The van der Waals surface area contributed by atoms with E-state index >= 15 is 0 Å². The van der Waals surface area contributed by atoms with Gasteiger partial charge in [-0.25, -0.2) is 13.4 Å². The number of likely N-dealkylation sites (tertiary alicyclic amines) is 1. The van der Waals surface area contributed by atoms with Crippen molar-refractivity contribution in [1.29, 1.82) is 0 Å². The minimum atomic E-state index is -3.78. The van der Waals surface area contributed by atoms with E-state index in [-0.39, 0.29) is 16.1 Å². The quantitative estimate of drug-likeness (QED) is 0.522. The van der Waals surface area contributed by atoms with Gasteiger partial charge < -0.3 is 4.90 Å². The Morgan fingerprint density at radius 3 is 2.81 bits per heavy atom. The van der Waals surface area contributed by atoms with E-state index in [1.165, 1.54) is 18.0 Å². The number of sulfonamides is 1. The van der Waals surface area contributed by atoms with Crippen LogP contribution in [0.15, 0.2) is 53.7 Å². The zero-order chi connectivity index (χ0) is 22.0. The van der Waals surface area contributed by atoms with Gasteiger partial charge in [-0.3, -0.25) is 9.62 Å². The van der Waals surface area contributed by atoms with E-state index < -0.39 is 10.0 Å². The van der Waals surface area contributed by atoms with Gasteiger partial charge in [-0.15, -0.1) is 0 Å². The lowest BCUT2D eigenvalue weighted by Crippen LogP contribution is -2.34. The first-order chi connectivity index (χ1) is 14.8. The third-order valence-electron chi connectivity index (χ3n) is 5.28. The van der Waals surface area contributed by atoms with Crippen molar-refractivity contribution >= 4 is 55.6 Å². The molecule has 164 valence electrons. The number of nitrogens with one attached hydrogen (secondary N) is 1. The van der Waals surface area contributed by atoms with E-state index in [1.807, 2.05) is 25.2 Å². The van der Waals surface area contributed by atoms with Gasteiger partial charge in [0.15, 0.2) is 0 Å². The van der Waals surface area contributed by atoms with Crippen molar-refractivity contribution in [2.24, 2.45) is 0 Å². The van der Waals surface area contributed by atoms with Crippen molar-refractivity contribution in [2.75, 3.05) is 29.8 Å². The Kier molecular flexibility index (Phi) is 6.68. The lowest BCUT2D eigenvalue weighted by Gasteiger charge is -2.28. The Balaban J connectivity index is 1.43. The predicted molar refractivity (Wildman–Crippen MR) is 126 cm³/mol. The molecular weight excluding hydrogens is 477 g/mol. The fourth-order valence-corrected chi connectivity index (χ4v) is 5.97. The molecule has 31 heavy (non-hydrogen) atoms. The number of anilines is 2. The molecule has 4 rings (SSSR count). The monoisotopic (exact) mass is 497 g/mol. The second kappa shape index (κ2) is 9.30. The number of hydrogen-bond acceptors (Lipinski definition) is 7. The summed E-state index contributed by atoms with van der Waals surface area (Å²) in [5.41, 5.74) is 1.98. The molecule has 0 spiro atoms. The number of aromatic nitrogens is 2. The molecule has 1 saturated heterocycles. The van der Waals surface area contributed by atoms with E-state index in [4.69, 9.17) is 23.2 Å². The molecule has 0 saturated carbocycles. The molecule has 3 aromatic rings. The SMILES string of the molecule is CN(c1ccc(S(=O)(=O)Nc2ncns2)cc1Cl)C1CCN(Cc2cccc(Cl)c2)C1. The largest absolute Gasteiger partial charge is 0.369 e. The number of hydrogen-bond donors (Lipinski definition) is 1. The van der Waals surface area contributed by atoms with Gasteiger partial charge in [-0.05, 0) is 42.3 Å². The molecule has 1 aromatic heterocycles. The summed E-state index contributed by atoms with van der Waals surface area (Å²) in [6.07, 6.45) is 2.29. The van der Waals surface area contributed by atoms with Gasteiger partial charge in [0, 0.05) is 49.3 Å². The van der Waals surface area contributed by atoms with Gasteiger partial charge in [0.2, 0.25) is 5.13 Å². The maximum absolute atomic E-state index is 12.6. The highest BCUT2D eigenvalue weighted by molar-refractivity contribution is 7.93. The molecule has 0 amide bonds. The highest BCUT2D eigenvalue weighted by atomic mass is 35.5. The predicted octanol–water partition coefficient (Wildman–Crippen LogP) is 4.36. The summed E-state index contributed by atoms with van der Waals surface area (Å²) < 4.78 is 31.3. The fourth-order valence-electron chi connectivity index (χ4n) is 3.69. The minimum Gasteiger partial charge on any atom is -0.369 e. The van der Waals surface area contributed by atoms with Crippen molar-refractivity contribution in [3.8, 4) is 0 Å². The highest BCUT2D eigenvalue weighted by Gasteiger charge is 2.27. The zero-order valence-corrected chi connectivity index (χ0v) is 19.8. The standard InChI is InChI=1S/C20H21Cl2N5O2S2/c1-26(16-7-8-27(12-16)11-14-3-2-4-15(21)9-14)19-6-5-17(10-18(19)22)31(28,29)25-20-23-13-24-30-20/h2-6,9-10,13,16H,7-8,11-12H2,1H3,(H,23,24,25). The van der Waals surface area contributed by atoms with Crippen molar-refractivity contribution in [3.05, 3.63) is 64.4 Å². The van der Waals surface area contributed by atoms with Crippen LogP contribution in [0.4, 0.5) is 10.8 Å². The van der Waals surface area contributed by atoms with Crippen molar-refractivity contribution in [3.63, 3.8) is 0 Å². The van der Waals surface area contributed by atoms with Gasteiger partial charge in [-0.2, -0.15) is 4.37 Å². The molecule has 11 heteroatoms. The van der Waals surface area contributed by atoms with Crippen molar-refractivity contribution < 1.29 is 8.42 Å². The Labute approximate surface area is 195 Å². The van der Waals surface area contributed by atoms with Crippen LogP contribution >= 0.6 is 34.7 Å². The van der Waals surface area contributed by atoms with E-state index in [2.05, 4.69) is 29.9 Å². The maximum atomic E-state index is 12.6. The number of rotatable bonds is 7. The zero-order valence-electron chi connectivity index (χ0n) is 16.7. The average Bonchev–Trinajstić information content (AvgIpc) is 3.39. The Hall–Kier alpha value is -1.91. The van der Waals surface area contributed by atoms with Crippen LogP contribution in [0.1, 0.15) is 12.0 Å². The van der Waals surface area contributed by atoms with Crippen LogP contribution in [0.3, 0.4) is 0 Å². The lowest BCUT2D eigenvalue weighted by molar-refractivity contribution is 0.326. The number of benzene rings is 2. The molecular formula is C20H21Cl2N5O2S2. The molecule has 2 aromatic carbocycles.